The molecular formula is C13H15ClF4N2O. The Hall–Kier alpha value is -1.34. The molecule has 1 fully saturated rings. The van der Waals surface area contributed by atoms with Crippen LogP contribution in [0.4, 0.5) is 17.6 Å². The van der Waals surface area contributed by atoms with Gasteiger partial charge in [0.05, 0.1) is 12.6 Å². The highest BCUT2D eigenvalue weighted by Crippen LogP contribution is 2.26. The van der Waals surface area contributed by atoms with E-state index in [2.05, 4.69) is 5.32 Å². The minimum absolute atomic E-state index is 0. The van der Waals surface area contributed by atoms with Crippen molar-refractivity contribution in [2.24, 2.45) is 0 Å². The lowest BCUT2D eigenvalue weighted by Crippen LogP contribution is -2.41. The van der Waals surface area contributed by atoms with E-state index in [1.165, 1.54) is 13.1 Å². The van der Waals surface area contributed by atoms with Crippen molar-refractivity contribution in [3.8, 4) is 0 Å². The first-order valence-corrected chi connectivity index (χ1v) is 6.08. The van der Waals surface area contributed by atoms with Crippen LogP contribution in [0.25, 0.3) is 0 Å². The summed E-state index contributed by atoms with van der Waals surface area (Å²) in [6, 6.07) is 2.05. The van der Waals surface area contributed by atoms with Gasteiger partial charge in [-0.2, -0.15) is 0 Å². The lowest BCUT2D eigenvalue weighted by atomic mass is 10.1. The number of amides is 1. The number of hydrogen-bond donors (Lipinski definition) is 1. The Morgan fingerprint density at radius 3 is 2.62 bits per heavy atom. The van der Waals surface area contributed by atoms with E-state index in [4.69, 9.17) is 0 Å². The normalized spacial score (nSPS) is 20.0. The summed E-state index contributed by atoms with van der Waals surface area (Å²) >= 11 is 0. The first-order chi connectivity index (χ1) is 9.28. The van der Waals surface area contributed by atoms with Gasteiger partial charge in [-0.1, -0.05) is 6.07 Å². The van der Waals surface area contributed by atoms with Crippen LogP contribution in [0.1, 0.15) is 12.0 Å². The molecule has 0 saturated carbocycles. The number of benzene rings is 1. The maximum atomic E-state index is 13.5. The molecule has 0 spiro atoms. The summed E-state index contributed by atoms with van der Waals surface area (Å²) in [5, 5.41) is 2.44. The number of hydrogen-bond acceptors (Lipinski definition) is 2. The van der Waals surface area contributed by atoms with Crippen molar-refractivity contribution >= 4 is 18.3 Å². The average Bonchev–Trinajstić information content (AvgIpc) is 2.72. The summed E-state index contributed by atoms with van der Waals surface area (Å²) < 4.78 is 52.3. The smallest absolute Gasteiger partial charge is 0.262 e. The van der Waals surface area contributed by atoms with Gasteiger partial charge in [-0.15, -0.1) is 12.4 Å². The molecule has 21 heavy (non-hydrogen) atoms. The van der Waals surface area contributed by atoms with Crippen LogP contribution in [-0.4, -0.2) is 36.4 Å². The second kappa shape index (κ2) is 6.62. The van der Waals surface area contributed by atoms with Gasteiger partial charge in [-0.25, -0.2) is 17.6 Å². The summed E-state index contributed by atoms with van der Waals surface area (Å²) in [5.41, 5.74) is 0.131. The first-order valence-electron chi connectivity index (χ1n) is 6.08. The van der Waals surface area contributed by atoms with Gasteiger partial charge >= 0.3 is 0 Å². The Morgan fingerprint density at radius 2 is 2.10 bits per heavy atom. The van der Waals surface area contributed by atoms with Crippen molar-refractivity contribution in [3.63, 3.8) is 0 Å². The molecule has 1 aliphatic heterocycles. The molecule has 1 amide bonds. The Bertz CT molecular complexity index is 527. The molecule has 2 rings (SSSR count). The Balaban J connectivity index is 0.00000220. The van der Waals surface area contributed by atoms with Gasteiger partial charge in [0.25, 0.3) is 5.92 Å². The van der Waals surface area contributed by atoms with Crippen molar-refractivity contribution in [3.05, 3.63) is 35.4 Å². The van der Waals surface area contributed by atoms with Gasteiger partial charge in [-0.05, 0) is 6.07 Å². The predicted octanol–water partition coefficient (Wildman–Crippen LogP) is 2.34. The topological polar surface area (TPSA) is 32.3 Å². The molecular weight excluding hydrogens is 312 g/mol. The van der Waals surface area contributed by atoms with Crippen LogP contribution in [0.5, 0.6) is 0 Å². The highest BCUT2D eigenvalue weighted by atomic mass is 35.5. The van der Waals surface area contributed by atoms with Gasteiger partial charge in [0.2, 0.25) is 5.91 Å². The fourth-order valence-electron chi connectivity index (χ4n) is 2.14. The molecule has 1 aromatic rings. The summed E-state index contributed by atoms with van der Waals surface area (Å²) in [4.78, 5) is 13.1. The number of carbonyl (C=O) groups is 1. The summed E-state index contributed by atoms with van der Waals surface area (Å²) in [6.07, 6.45) is -0.567. The minimum Gasteiger partial charge on any atom is -0.340 e. The molecule has 8 heteroatoms. The molecule has 1 atom stereocenters. The number of halogens is 5. The van der Waals surface area contributed by atoms with E-state index in [1.54, 1.807) is 0 Å². The van der Waals surface area contributed by atoms with Crippen molar-refractivity contribution in [1.29, 1.82) is 0 Å². The molecule has 3 nitrogen and oxygen atoms in total. The number of carbonyl (C=O) groups excluding carboxylic acids is 1. The molecule has 1 aromatic carbocycles. The second-order valence-electron chi connectivity index (χ2n) is 4.92. The van der Waals surface area contributed by atoms with E-state index in [0.717, 1.165) is 17.0 Å². The van der Waals surface area contributed by atoms with E-state index >= 15 is 0 Å². The third kappa shape index (κ3) is 4.31. The third-order valence-corrected chi connectivity index (χ3v) is 3.21. The fraction of sp³-hybridized carbons (Fsp3) is 0.462. The molecule has 0 aromatic heterocycles. The largest absolute Gasteiger partial charge is 0.340 e. The predicted molar refractivity (Wildman–Crippen MR) is 71.4 cm³/mol. The van der Waals surface area contributed by atoms with Gasteiger partial charge in [0.1, 0.15) is 11.6 Å². The maximum absolute atomic E-state index is 13.5. The zero-order chi connectivity index (χ0) is 14.9. The zero-order valence-electron chi connectivity index (χ0n) is 11.2. The minimum atomic E-state index is -2.90. The summed E-state index contributed by atoms with van der Waals surface area (Å²) in [7, 11) is 1.39. The molecule has 118 valence electrons. The van der Waals surface area contributed by atoms with E-state index < -0.39 is 42.5 Å². The van der Waals surface area contributed by atoms with Crippen molar-refractivity contribution in [2.45, 2.75) is 24.9 Å². The summed E-state index contributed by atoms with van der Waals surface area (Å²) in [6.45, 7) is -0.642. The van der Waals surface area contributed by atoms with Gasteiger partial charge in [0.15, 0.2) is 0 Å². The monoisotopic (exact) mass is 326 g/mol. The molecule has 1 heterocycles. The van der Waals surface area contributed by atoms with Crippen LogP contribution in [-0.2, 0) is 11.3 Å². The Morgan fingerprint density at radius 1 is 1.43 bits per heavy atom. The second-order valence-corrected chi connectivity index (χ2v) is 4.92. The number of rotatable bonds is 3. The molecule has 1 saturated heterocycles. The third-order valence-electron chi connectivity index (χ3n) is 3.21. The quantitative estimate of drug-likeness (QED) is 0.865. The van der Waals surface area contributed by atoms with Crippen LogP contribution < -0.4 is 5.32 Å². The molecule has 1 N–H and O–H groups in total. The van der Waals surface area contributed by atoms with Crippen LogP contribution in [0, 0.1) is 11.6 Å². The standard InChI is InChI=1S/C13H14F4N2O.ClH/c1-19(6-8-2-3-9(14)4-10(8)15)12(20)11-5-13(16,17)7-18-11;/h2-4,11,18H,5-7H2,1H3;1H. The first kappa shape index (κ1) is 17.7. The lowest BCUT2D eigenvalue weighted by Gasteiger charge is -2.21. The Labute approximate surface area is 125 Å². The van der Waals surface area contributed by atoms with Crippen LogP contribution in [0.2, 0.25) is 0 Å². The van der Waals surface area contributed by atoms with Crippen LogP contribution in [0.3, 0.4) is 0 Å². The zero-order valence-corrected chi connectivity index (χ0v) is 12.0. The molecule has 0 aliphatic carbocycles. The van der Waals surface area contributed by atoms with Crippen LogP contribution in [0.15, 0.2) is 18.2 Å². The number of nitrogens with zero attached hydrogens (tertiary/aromatic N) is 1. The highest BCUT2D eigenvalue weighted by molar-refractivity contribution is 5.85. The number of likely N-dealkylation sites (N-methyl/N-ethyl adjacent to an activating group) is 1. The molecule has 1 unspecified atom stereocenters. The highest BCUT2D eigenvalue weighted by Gasteiger charge is 2.43. The average molecular weight is 327 g/mol. The SMILES string of the molecule is CN(Cc1ccc(F)cc1F)C(=O)C1CC(F)(F)CN1.Cl. The van der Waals surface area contributed by atoms with Gasteiger partial charge in [0, 0.05) is 31.6 Å². The van der Waals surface area contributed by atoms with Crippen molar-refractivity contribution < 1.29 is 22.4 Å². The van der Waals surface area contributed by atoms with E-state index in [9.17, 15) is 22.4 Å². The Kier molecular flexibility index (Phi) is 5.58. The van der Waals surface area contributed by atoms with Crippen molar-refractivity contribution in [1.82, 2.24) is 10.2 Å². The molecule has 0 radical (unpaired) electrons. The molecule has 1 aliphatic rings. The fourth-order valence-corrected chi connectivity index (χ4v) is 2.14. The van der Waals surface area contributed by atoms with E-state index in [1.807, 2.05) is 0 Å². The van der Waals surface area contributed by atoms with E-state index in [-0.39, 0.29) is 24.5 Å². The summed E-state index contributed by atoms with van der Waals surface area (Å²) in [5.74, 6) is -4.92. The van der Waals surface area contributed by atoms with Gasteiger partial charge < -0.3 is 4.90 Å². The number of nitrogens with one attached hydrogen (secondary N) is 1. The van der Waals surface area contributed by atoms with Crippen LogP contribution >= 0.6 is 12.4 Å². The van der Waals surface area contributed by atoms with E-state index in [0.29, 0.717) is 0 Å². The maximum Gasteiger partial charge on any atom is 0.262 e. The lowest BCUT2D eigenvalue weighted by molar-refractivity contribution is -0.132. The number of alkyl halides is 2. The van der Waals surface area contributed by atoms with Gasteiger partial charge in [-0.3, -0.25) is 10.1 Å². The molecule has 0 bridgehead atoms. The van der Waals surface area contributed by atoms with Crippen molar-refractivity contribution in [2.75, 3.05) is 13.6 Å².